The summed E-state index contributed by atoms with van der Waals surface area (Å²) in [6.07, 6.45) is 8.99. The van der Waals surface area contributed by atoms with Crippen LogP contribution in [0, 0.1) is 24.2 Å². The second kappa shape index (κ2) is 10.4. The van der Waals surface area contributed by atoms with Gasteiger partial charge in [-0.05, 0) is 60.6 Å². The lowest BCUT2D eigenvalue weighted by molar-refractivity contribution is -0.687. The van der Waals surface area contributed by atoms with E-state index in [1.807, 2.05) is 6.20 Å². The largest absolute Gasteiger partial charge is 0.385 e. The van der Waals surface area contributed by atoms with E-state index in [1.54, 1.807) is 0 Å². The van der Waals surface area contributed by atoms with Crippen LogP contribution < -0.4 is 9.88 Å². The highest BCUT2D eigenvalue weighted by atomic mass is 15.1. The number of benzene rings is 2. The zero-order valence-electron chi connectivity index (χ0n) is 22.4. The average Bonchev–Trinajstić information content (AvgIpc) is 3.48. The molecule has 1 aromatic heterocycles. The predicted molar refractivity (Wildman–Crippen MR) is 149 cm³/mol. The number of aromatic nitrogens is 1. The van der Waals surface area contributed by atoms with E-state index in [0.29, 0.717) is 17.3 Å². The zero-order chi connectivity index (χ0) is 25.1. The maximum Gasteiger partial charge on any atom is 0.213 e. The second-order valence-corrected chi connectivity index (χ2v) is 10.4. The molecule has 0 spiro atoms. The van der Waals surface area contributed by atoms with E-state index >= 15 is 0 Å². The molecule has 4 unspecified atom stereocenters. The third-order valence-corrected chi connectivity index (χ3v) is 9.18. The number of aryl methyl sites for hydroxylation is 2. The number of nitrogens with zero attached hydrogens (tertiary/aromatic N) is 1. The van der Waals surface area contributed by atoms with E-state index in [1.165, 1.54) is 47.2 Å². The van der Waals surface area contributed by atoms with Crippen LogP contribution in [0.5, 0.6) is 0 Å². The van der Waals surface area contributed by atoms with Gasteiger partial charge in [0.05, 0.1) is 0 Å². The molecular weight excluding hydrogens is 424 g/mol. The molecule has 1 N–H and O–H groups in total. The molecule has 0 amide bonds. The Hall–Kier alpha value is -2.87. The van der Waals surface area contributed by atoms with Crippen LogP contribution in [-0.4, -0.2) is 5.54 Å². The molecule has 1 saturated carbocycles. The minimum atomic E-state index is 0.159. The van der Waals surface area contributed by atoms with E-state index in [9.17, 15) is 0 Å². The van der Waals surface area contributed by atoms with Crippen LogP contribution in [0.2, 0.25) is 0 Å². The van der Waals surface area contributed by atoms with Crippen molar-refractivity contribution < 1.29 is 4.57 Å². The van der Waals surface area contributed by atoms with Gasteiger partial charge in [0.1, 0.15) is 6.54 Å². The van der Waals surface area contributed by atoms with Crippen LogP contribution in [-0.2, 0) is 6.54 Å². The summed E-state index contributed by atoms with van der Waals surface area (Å²) in [5, 5.41) is 3.77. The fourth-order valence-corrected chi connectivity index (χ4v) is 7.27. The van der Waals surface area contributed by atoms with E-state index in [2.05, 4.69) is 124 Å². The first-order chi connectivity index (χ1) is 17.0. The van der Waals surface area contributed by atoms with Crippen molar-refractivity contribution in [2.45, 2.75) is 72.4 Å². The smallest absolute Gasteiger partial charge is 0.213 e. The van der Waals surface area contributed by atoms with Crippen molar-refractivity contribution in [3.05, 3.63) is 91.3 Å². The van der Waals surface area contributed by atoms with Crippen LogP contribution in [0.4, 0.5) is 0 Å². The van der Waals surface area contributed by atoms with Gasteiger partial charge in [0.15, 0.2) is 6.20 Å². The Bertz CT molecular complexity index is 1150. The van der Waals surface area contributed by atoms with Gasteiger partial charge in [0, 0.05) is 35.1 Å². The van der Waals surface area contributed by atoms with Crippen molar-refractivity contribution >= 4 is 0 Å². The normalized spacial score (nSPS) is 24.1. The highest BCUT2D eigenvalue weighted by molar-refractivity contribution is 5.70. The lowest BCUT2D eigenvalue weighted by Gasteiger charge is -2.29. The monoisotopic (exact) mass is 467 g/mol. The fraction of sp³-hybridized carbons (Fsp3) is 0.424. The highest BCUT2D eigenvalue weighted by Gasteiger charge is 2.75. The Kier molecular flexibility index (Phi) is 7.50. The van der Waals surface area contributed by atoms with Gasteiger partial charge in [-0.1, -0.05) is 89.2 Å². The van der Waals surface area contributed by atoms with Crippen molar-refractivity contribution in [2.75, 3.05) is 0 Å². The molecule has 35 heavy (non-hydrogen) atoms. The third-order valence-electron chi connectivity index (χ3n) is 9.18. The first-order valence-electron chi connectivity index (χ1n) is 13.5. The summed E-state index contributed by atoms with van der Waals surface area (Å²) >= 11 is 0. The van der Waals surface area contributed by atoms with E-state index in [0.717, 1.165) is 13.0 Å². The molecule has 1 fully saturated rings. The van der Waals surface area contributed by atoms with Crippen LogP contribution in [0.1, 0.15) is 58.9 Å². The van der Waals surface area contributed by atoms with Crippen LogP contribution in [0.15, 0.2) is 85.7 Å². The Labute approximate surface area is 213 Å². The summed E-state index contributed by atoms with van der Waals surface area (Å²) in [6, 6.07) is 24.1. The highest BCUT2D eigenvalue weighted by Crippen LogP contribution is 2.71. The molecular formula is C33H43N2+. The van der Waals surface area contributed by atoms with Gasteiger partial charge < -0.3 is 5.32 Å². The molecule has 4 rings (SSSR count). The Balaban J connectivity index is 1.71. The lowest BCUT2D eigenvalue weighted by Crippen LogP contribution is -2.38. The maximum absolute atomic E-state index is 4.06. The fourth-order valence-electron chi connectivity index (χ4n) is 7.27. The van der Waals surface area contributed by atoms with Gasteiger partial charge in [-0.3, -0.25) is 0 Å². The first kappa shape index (κ1) is 25.2. The number of nitrogens with one attached hydrogen (secondary N) is 1. The minimum Gasteiger partial charge on any atom is -0.385 e. The Morgan fingerprint density at radius 1 is 0.971 bits per heavy atom. The molecule has 0 aliphatic heterocycles. The molecule has 2 heteroatoms. The van der Waals surface area contributed by atoms with Crippen molar-refractivity contribution in [2.24, 2.45) is 17.3 Å². The molecule has 0 saturated heterocycles. The quantitative estimate of drug-likeness (QED) is 0.283. The van der Waals surface area contributed by atoms with Gasteiger partial charge in [-0.2, -0.15) is 4.57 Å². The molecule has 1 heterocycles. The number of rotatable bonds is 11. The molecule has 2 nitrogen and oxygen atoms in total. The van der Waals surface area contributed by atoms with Gasteiger partial charge in [0.2, 0.25) is 5.69 Å². The SMILES string of the molecule is C=CNC1(CC)C(CC[n+]2ccc(-c3ccccc3)cc2-c2ccccc2C)C1(CC)C(C)CC. The third kappa shape index (κ3) is 4.22. The zero-order valence-corrected chi connectivity index (χ0v) is 22.4. The summed E-state index contributed by atoms with van der Waals surface area (Å²) in [7, 11) is 0. The summed E-state index contributed by atoms with van der Waals surface area (Å²) in [5.74, 6) is 1.33. The molecule has 2 aromatic carbocycles. The topological polar surface area (TPSA) is 15.9 Å². The Morgan fingerprint density at radius 2 is 1.69 bits per heavy atom. The molecule has 184 valence electrons. The van der Waals surface area contributed by atoms with E-state index in [4.69, 9.17) is 0 Å². The van der Waals surface area contributed by atoms with Gasteiger partial charge in [-0.25, -0.2) is 0 Å². The second-order valence-electron chi connectivity index (χ2n) is 10.4. The van der Waals surface area contributed by atoms with Gasteiger partial charge in [-0.15, -0.1) is 0 Å². The number of pyridine rings is 1. The molecule has 4 atom stereocenters. The standard InChI is InChI=1S/C33H43N2/c1-7-26(6)32(8-2)31(33(32,9-3)34-10-4)21-23-35-22-20-28(27-17-12-11-13-18-27)24-30(35)29-19-15-14-16-25(29)5/h10-20,22,24,26,31,34H,4,7-9,21,23H2,1-3,5-6H3/q+1. The molecule has 0 radical (unpaired) electrons. The molecule has 1 aliphatic rings. The van der Waals surface area contributed by atoms with Crippen molar-refractivity contribution in [1.29, 1.82) is 0 Å². The minimum absolute atomic E-state index is 0.159. The maximum atomic E-state index is 4.06. The van der Waals surface area contributed by atoms with E-state index < -0.39 is 0 Å². The summed E-state index contributed by atoms with van der Waals surface area (Å²) in [5.41, 5.74) is 6.95. The Morgan fingerprint density at radius 3 is 2.31 bits per heavy atom. The average molecular weight is 468 g/mol. The van der Waals surface area contributed by atoms with Crippen molar-refractivity contribution in [1.82, 2.24) is 5.32 Å². The first-order valence-corrected chi connectivity index (χ1v) is 13.5. The number of hydrogen-bond donors (Lipinski definition) is 1. The van der Waals surface area contributed by atoms with Crippen LogP contribution >= 0.6 is 0 Å². The van der Waals surface area contributed by atoms with Crippen molar-refractivity contribution in [3.63, 3.8) is 0 Å². The molecule has 1 aliphatic carbocycles. The molecule has 0 bridgehead atoms. The lowest BCUT2D eigenvalue weighted by atomic mass is 9.80. The van der Waals surface area contributed by atoms with Crippen LogP contribution in [0.25, 0.3) is 22.4 Å². The van der Waals surface area contributed by atoms with E-state index in [-0.39, 0.29) is 5.54 Å². The van der Waals surface area contributed by atoms with Crippen molar-refractivity contribution in [3.8, 4) is 22.4 Å². The predicted octanol–water partition coefficient (Wildman–Crippen LogP) is 7.96. The van der Waals surface area contributed by atoms with Gasteiger partial charge in [0.25, 0.3) is 0 Å². The molecule has 3 aromatic rings. The van der Waals surface area contributed by atoms with Crippen LogP contribution in [0.3, 0.4) is 0 Å². The summed E-state index contributed by atoms with van der Waals surface area (Å²) in [6.45, 7) is 16.8. The van der Waals surface area contributed by atoms with Gasteiger partial charge >= 0.3 is 0 Å². The number of hydrogen-bond acceptors (Lipinski definition) is 1. The summed E-state index contributed by atoms with van der Waals surface area (Å²) < 4.78 is 2.48. The summed E-state index contributed by atoms with van der Waals surface area (Å²) in [4.78, 5) is 0.